The van der Waals surface area contributed by atoms with Gasteiger partial charge in [-0.05, 0) is 106 Å². The van der Waals surface area contributed by atoms with E-state index in [9.17, 15) is 34.5 Å². The molecular weight excluding hydrogens is 979 g/mol. The number of aliphatic hydroxyl groups is 3. The van der Waals surface area contributed by atoms with Gasteiger partial charge in [0.15, 0.2) is 5.60 Å². The first-order valence-electron chi connectivity index (χ1n) is 27.0. The van der Waals surface area contributed by atoms with Crippen molar-refractivity contribution in [3.63, 3.8) is 0 Å². The van der Waals surface area contributed by atoms with Gasteiger partial charge in [0.1, 0.15) is 23.3 Å². The third-order valence-corrected chi connectivity index (χ3v) is 19.4. The molecule has 76 heavy (non-hydrogen) atoms. The lowest BCUT2D eigenvalue weighted by atomic mass is 9.48. The summed E-state index contributed by atoms with van der Waals surface area (Å²) in [4.78, 5) is 91.7. The Morgan fingerprint density at radius 1 is 0.908 bits per heavy atom. The molecule has 9 aliphatic rings. The van der Waals surface area contributed by atoms with Gasteiger partial charge >= 0.3 is 18.0 Å². The molecule has 1 aromatic heterocycles. The largest absolute Gasteiger partial charge is 0.496 e. The smallest absolute Gasteiger partial charge is 0.430 e. The number of nitrogens with zero attached hydrogens (tertiary/aromatic N) is 5. The van der Waals surface area contributed by atoms with Crippen LogP contribution in [0.4, 0.5) is 10.5 Å². The highest BCUT2D eigenvalue weighted by Gasteiger charge is 2.83. The van der Waals surface area contributed by atoms with Gasteiger partial charge in [-0.2, -0.15) is 5.12 Å². The molecule has 2 saturated carbocycles. The zero-order chi connectivity index (χ0) is 53.3. The Balaban J connectivity index is 0.928. The maximum Gasteiger partial charge on any atom is 0.430 e. The van der Waals surface area contributed by atoms with Crippen LogP contribution in [0, 0.1) is 23.2 Å². The summed E-state index contributed by atoms with van der Waals surface area (Å²) in [5, 5.41) is 41.7. The number of aliphatic hydroxyl groups excluding tert-OH is 1. The number of hydrogen-bond acceptors (Lipinski definition) is 16. The number of amides is 4. The van der Waals surface area contributed by atoms with Gasteiger partial charge in [-0.1, -0.05) is 44.2 Å². The molecule has 5 fully saturated rings. The summed E-state index contributed by atoms with van der Waals surface area (Å²) in [5.74, 6) is -3.19. The van der Waals surface area contributed by atoms with E-state index in [1.807, 2.05) is 50.3 Å². The van der Waals surface area contributed by atoms with Crippen LogP contribution >= 0.6 is 0 Å². The van der Waals surface area contributed by atoms with Crippen molar-refractivity contribution < 1.29 is 63.0 Å². The second-order valence-corrected chi connectivity index (χ2v) is 22.9. The molecule has 8 heterocycles. The minimum atomic E-state index is -2.51. The Morgan fingerprint density at radius 2 is 1.67 bits per heavy atom. The summed E-state index contributed by atoms with van der Waals surface area (Å²) < 4.78 is 23.2. The van der Waals surface area contributed by atoms with E-state index in [4.69, 9.17) is 18.9 Å². The molecule has 3 saturated heterocycles. The number of anilines is 1. The number of hydrogen-bond donors (Lipinski definition) is 5. The number of H-pyrrole nitrogens is 1. The fourth-order valence-electron chi connectivity index (χ4n) is 16.1. The minimum Gasteiger partial charge on any atom is -0.496 e. The molecule has 1 unspecified atom stereocenters. The van der Waals surface area contributed by atoms with Crippen molar-refractivity contribution in [1.82, 2.24) is 30.2 Å². The van der Waals surface area contributed by atoms with Crippen LogP contribution in [0.1, 0.15) is 94.0 Å². The monoisotopic (exact) mass is 1050 g/mol. The average Bonchev–Trinajstić information content (AvgIpc) is 4.40. The van der Waals surface area contributed by atoms with Crippen LogP contribution in [0.3, 0.4) is 0 Å². The maximum absolute atomic E-state index is 15.5. The number of hydrazine groups is 2. The van der Waals surface area contributed by atoms with E-state index in [1.165, 1.54) is 36.3 Å². The highest BCUT2D eigenvalue weighted by atomic mass is 16.7. The number of para-hydroxylation sites is 1. The predicted octanol–water partition coefficient (Wildman–Crippen LogP) is 3.25. The number of aromatic amines is 1. The standard InChI is InChI=1S/C56H67N7O13/c1-5-52(71)26-33-27-55(50(69)74-4,44-36(18-22-59(28-33)30-52)35-10-7-8-11-39(35)57-44)38-24-37-40(25-41(38)73-3)62-47-54(37)20-23-60-21-9-19-53(6-2,46(54)60)48(67)56(47,72)49(68)63(62)58-51(70)76-31-75-45(66)34-14-12-32(13-15-34)29-61-42(64)16-17-43(61)65/h7-11,16-17,19,24-25,32-34,46-48,57,67,71-72H,5-6,12-15,18,20-23,26-31H2,1-4H3,(H,58,70)/t32?,33-,34?,46-,47+,48+,52-,53+,54+,55-,56-/m0/s1. The van der Waals surface area contributed by atoms with Crippen LogP contribution in [0.15, 0.2) is 60.7 Å². The van der Waals surface area contributed by atoms with Crippen molar-refractivity contribution in [3.8, 4) is 5.75 Å². The molecule has 1 spiro atoms. The third kappa shape index (κ3) is 7.04. The fourth-order valence-corrected chi connectivity index (χ4v) is 16.1. The zero-order valence-corrected chi connectivity index (χ0v) is 43.4. The number of carbonyl (C=O) groups excluding carboxylic acids is 6. The maximum atomic E-state index is 15.5. The topological polar surface area (TPSA) is 244 Å². The van der Waals surface area contributed by atoms with Gasteiger partial charge in [-0.15, -0.1) is 0 Å². The third-order valence-electron chi connectivity index (χ3n) is 19.4. The number of aromatic nitrogens is 1. The Hall–Kier alpha value is -6.32. The minimum absolute atomic E-state index is 0.0312. The van der Waals surface area contributed by atoms with E-state index in [2.05, 4.69) is 26.3 Å². The average molecular weight is 1050 g/mol. The molecule has 20 heteroatoms. The highest BCUT2D eigenvalue weighted by molar-refractivity contribution is 6.13. The Morgan fingerprint density at radius 3 is 2.39 bits per heavy atom. The number of benzene rings is 2. The molecule has 5 N–H and O–H groups in total. The molecule has 2 aromatic carbocycles. The van der Waals surface area contributed by atoms with Crippen molar-refractivity contribution in [2.75, 3.05) is 65.3 Å². The number of methoxy groups -OCH3 is 2. The molecular formula is C56H67N7O13. The summed E-state index contributed by atoms with van der Waals surface area (Å²) in [5.41, 5.74) is -0.771. The van der Waals surface area contributed by atoms with Crippen LogP contribution in [-0.4, -0.2) is 166 Å². The molecule has 2 bridgehead atoms. The van der Waals surface area contributed by atoms with E-state index in [1.54, 1.807) is 6.07 Å². The van der Waals surface area contributed by atoms with Crippen molar-refractivity contribution >= 4 is 52.3 Å². The van der Waals surface area contributed by atoms with Crippen molar-refractivity contribution in [3.05, 3.63) is 83.1 Å². The van der Waals surface area contributed by atoms with Gasteiger partial charge in [0.05, 0.1) is 31.4 Å². The van der Waals surface area contributed by atoms with Gasteiger partial charge < -0.3 is 39.3 Å². The fraction of sp³-hybridized carbons (Fsp3) is 0.571. The molecule has 4 amide bonds. The number of fused-ring (bicyclic) bond motifs is 7. The van der Waals surface area contributed by atoms with Crippen LogP contribution in [0.5, 0.6) is 5.75 Å². The second kappa shape index (κ2) is 18.1. The number of ether oxygens (including phenoxy) is 4. The molecule has 404 valence electrons. The van der Waals surface area contributed by atoms with Crippen LogP contribution in [0.25, 0.3) is 10.9 Å². The number of esters is 2. The van der Waals surface area contributed by atoms with Crippen LogP contribution < -0.4 is 15.2 Å². The normalized spacial score (nSPS) is 36.0. The predicted molar refractivity (Wildman–Crippen MR) is 272 cm³/mol. The number of carbonyl (C=O) groups is 6. The summed E-state index contributed by atoms with van der Waals surface area (Å²) in [7, 11) is 2.89. The molecule has 10 atom stereocenters. The molecule has 0 radical (unpaired) electrons. The van der Waals surface area contributed by atoms with Gasteiger partial charge in [-0.3, -0.25) is 43.7 Å². The molecule has 12 rings (SSSR count). The van der Waals surface area contributed by atoms with E-state index in [0.717, 1.165) is 21.6 Å². The van der Waals surface area contributed by atoms with Crippen molar-refractivity contribution in [2.45, 2.75) is 118 Å². The Labute approximate surface area is 439 Å². The van der Waals surface area contributed by atoms with Crippen LogP contribution in [-0.2, 0) is 55.4 Å². The van der Waals surface area contributed by atoms with Crippen LogP contribution in [0.2, 0.25) is 0 Å². The van der Waals surface area contributed by atoms with Crippen molar-refractivity contribution in [1.29, 1.82) is 0 Å². The highest BCUT2D eigenvalue weighted by Crippen LogP contribution is 2.70. The second-order valence-electron chi connectivity index (χ2n) is 22.9. The number of nitrogens with one attached hydrogen (secondary N) is 2. The lowest BCUT2D eigenvalue weighted by molar-refractivity contribution is -0.195. The summed E-state index contributed by atoms with van der Waals surface area (Å²) >= 11 is 0. The van der Waals surface area contributed by atoms with Gasteiger partial charge in [0.2, 0.25) is 6.79 Å². The van der Waals surface area contributed by atoms with E-state index >= 15 is 9.59 Å². The summed E-state index contributed by atoms with van der Waals surface area (Å²) in [6, 6.07) is 10.1. The van der Waals surface area contributed by atoms with E-state index < -0.39 is 82.3 Å². The number of rotatable bonds is 11. The lowest BCUT2D eigenvalue weighted by Crippen LogP contribution is -2.78. The van der Waals surface area contributed by atoms with E-state index in [0.29, 0.717) is 113 Å². The van der Waals surface area contributed by atoms with E-state index in [-0.39, 0.29) is 42.4 Å². The first kappa shape index (κ1) is 50.5. The Kier molecular flexibility index (Phi) is 12.1. The first-order valence-corrected chi connectivity index (χ1v) is 27.0. The first-order chi connectivity index (χ1) is 36.5. The lowest BCUT2D eigenvalue weighted by Gasteiger charge is -2.61. The van der Waals surface area contributed by atoms with Gasteiger partial charge in [-0.25, -0.2) is 10.2 Å². The quantitative estimate of drug-likeness (QED) is 0.0801. The van der Waals surface area contributed by atoms with Gasteiger partial charge in [0.25, 0.3) is 17.7 Å². The number of imide groups is 1. The SMILES string of the molecule is CC[C@]1(O)C[C@@H]2CN(CCc3c([nH]c4ccccc34)[C@@](C(=O)OC)(c3cc4c(cc3OC)N3[C@H]5[C@@](O)(C(=O)N3NC(=O)OCOC(=O)C3CCC(CN6C(=O)C=CC6=O)CC3)[C@H](O)[C@]3(CC)C=CCN6CC[C@]45[C@@H]63)C2)C1. The summed E-state index contributed by atoms with van der Waals surface area (Å²) in [6.07, 6.45) is 8.18. The molecule has 7 aliphatic heterocycles. The van der Waals surface area contributed by atoms with Crippen molar-refractivity contribution in [2.24, 2.45) is 23.2 Å². The number of piperidine rings is 1. The Bertz CT molecular complexity index is 2990. The van der Waals surface area contributed by atoms with Gasteiger partial charge in [0, 0.05) is 90.0 Å². The molecule has 20 nitrogen and oxygen atoms in total. The zero-order valence-electron chi connectivity index (χ0n) is 43.4. The summed E-state index contributed by atoms with van der Waals surface area (Å²) in [6.45, 7) is 6.27. The molecule has 2 aliphatic carbocycles. The molecule has 3 aromatic rings.